The van der Waals surface area contributed by atoms with E-state index in [-0.39, 0.29) is 22.7 Å². The third kappa shape index (κ3) is 4.91. The molecule has 0 atom stereocenters. The highest BCUT2D eigenvalue weighted by atomic mass is 35.5. The molecule has 0 N–H and O–H groups in total. The van der Waals surface area contributed by atoms with Crippen LogP contribution in [0.15, 0.2) is 30.7 Å². The maximum absolute atomic E-state index is 13.4. The molecule has 0 aliphatic carbocycles. The molecule has 182 valence electrons. The molecule has 0 unspecified atom stereocenters. The Hall–Kier alpha value is -3.01. The fourth-order valence-corrected chi connectivity index (χ4v) is 4.20. The Morgan fingerprint density at radius 3 is 2.62 bits per heavy atom. The Morgan fingerprint density at radius 1 is 1.26 bits per heavy atom. The fraction of sp³-hybridized carbons (Fsp3) is 0.478. The molecule has 1 aliphatic heterocycles. The standard InChI is InChI=1S/C23H27ClF2N6O2/c1-23(2,3)34-22(33)31-9-6-14(7-10-31)32-18-5-8-27-12-16(18)21(29-32)30(4)19-11-15(20(25)26)17(24)13-28-19/h5,8,11-14,20H,6-7,9-10H2,1-4H3. The number of fused-ring (bicyclic) bond motifs is 1. The summed E-state index contributed by atoms with van der Waals surface area (Å²) in [6.45, 7) is 6.64. The van der Waals surface area contributed by atoms with Crippen molar-refractivity contribution in [1.82, 2.24) is 24.6 Å². The van der Waals surface area contributed by atoms with Crippen molar-refractivity contribution in [2.75, 3.05) is 25.0 Å². The Labute approximate surface area is 201 Å². The first-order chi connectivity index (χ1) is 16.0. The second-order valence-electron chi connectivity index (χ2n) is 9.28. The molecule has 1 fully saturated rings. The monoisotopic (exact) mass is 492 g/mol. The van der Waals surface area contributed by atoms with Gasteiger partial charge in [-0.3, -0.25) is 9.67 Å². The third-order valence-electron chi connectivity index (χ3n) is 5.72. The van der Waals surface area contributed by atoms with Crippen molar-refractivity contribution in [3.63, 3.8) is 0 Å². The summed E-state index contributed by atoms with van der Waals surface area (Å²) in [7, 11) is 1.72. The smallest absolute Gasteiger partial charge is 0.410 e. The first-order valence-electron chi connectivity index (χ1n) is 11.0. The van der Waals surface area contributed by atoms with Crippen LogP contribution in [0.1, 0.15) is 51.6 Å². The van der Waals surface area contributed by atoms with Crippen molar-refractivity contribution >= 4 is 40.2 Å². The molecule has 0 spiro atoms. The van der Waals surface area contributed by atoms with Crippen LogP contribution in [0.5, 0.6) is 0 Å². The lowest BCUT2D eigenvalue weighted by Crippen LogP contribution is -2.42. The van der Waals surface area contributed by atoms with Gasteiger partial charge in [-0.05, 0) is 45.7 Å². The van der Waals surface area contributed by atoms with Gasteiger partial charge in [-0.1, -0.05) is 11.6 Å². The second kappa shape index (κ2) is 9.32. The molecule has 1 amide bonds. The van der Waals surface area contributed by atoms with Gasteiger partial charge >= 0.3 is 6.09 Å². The van der Waals surface area contributed by atoms with Gasteiger partial charge in [0.05, 0.1) is 22.0 Å². The topological polar surface area (TPSA) is 76.4 Å². The van der Waals surface area contributed by atoms with Crippen LogP contribution in [0, 0.1) is 0 Å². The SMILES string of the molecule is CN(c1cc(C(F)F)c(Cl)cn1)c1nn(C2CCN(C(=O)OC(C)(C)C)CC2)c2ccncc12. The quantitative estimate of drug-likeness (QED) is 0.461. The van der Waals surface area contributed by atoms with E-state index >= 15 is 0 Å². The Balaban J connectivity index is 1.60. The van der Waals surface area contributed by atoms with E-state index in [1.807, 2.05) is 31.5 Å². The van der Waals surface area contributed by atoms with Crippen LogP contribution in [0.3, 0.4) is 0 Å². The van der Waals surface area contributed by atoms with E-state index in [1.165, 1.54) is 12.3 Å². The molecule has 4 rings (SSSR count). The van der Waals surface area contributed by atoms with Gasteiger partial charge in [0.25, 0.3) is 6.43 Å². The van der Waals surface area contributed by atoms with Gasteiger partial charge in [-0.15, -0.1) is 0 Å². The van der Waals surface area contributed by atoms with Crippen molar-refractivity contribution < 1.29 is 18.3 Å². The summed E-state index contributed by atoms with van der Waals surface area (Å²) in [5.41, 5.74) is 0.0453. The number of anilines is 2. The van der Waals surface area contributed by atoms with E-state index in [0.717, 1.165) is 10.9 Å². The Kier molecular flexibility index (Phi) is 6.62. The van der Waals surface area contributed by atoms with Gasteiger partial charge < -0.3 is 14.5 Å². The van der Waals surface area contributed by atoms with Crippen LogP contribution in [-0.4, -0.2) is 56.5 Å². The molecule has 0 radical (unpaired) electrons. The minimum atomic E-state index is -2.71. The van der Waals surface area contributed by atoms with Crippen molar-refractivity contribution in [3.05, 3.63) is 41.3 Å². The van der Waals surface area contributed by atoms with Gasteiger partial charge in [0.2, 0.25) is 0 Å². The van der Waals surface area contributed by atoms with E-state index in [0.29, 0.717) is 37.6 Å². The summed E-state index contributed by atoms with van der Waals surface area (Å²) in [6, 6.07) is 3.20. The highest BCUT2D eigenvalue weighted by molar-refractivity contribution is 6.31. The lowest BCUT2D eigenvalue weighted by molar-refractivity contribution is 0.0186. The first kappa shape index (κ1) is 24.1. The number of carbonyl (C=O) groups is 1. The Morgan fingerprint density at radius 2 is 1.97 bits per heavy atom. The maximum Gasteiger partial charge on any atom is 0.410 e. The van der Waals surface area contributed by atoms with Crippen molar-refractivity contribution in [2.45, 2.75) is 51.7 Å². The molecule has 0 saturated carbocycles. The number of likely N-dealkylation sites (tertiary alicyclic amines) is 1. The van der Waals surface area contributed by atoms with Gasteiger partial charge in [0, 0.05) is 44.3 Å². The van der Waals surface area contributed by atoms with Crippen molar-refractivity contribution in [2.24, 2.45) is 0 Å². The average molecular weight is 493 g/mol. The molecule has 4 heterocycles. The molecule has 0 aromatic carbocycles. The molecular weight excluding hydrogens is 466 g/mol. The Bertz CT molecular complexity index is 1190. The van der Waals surface area contributed by atoms with Crippen LogP contribution in [0.25, 0.3) is 10.9 Å². The number of amides is 1. The maximum atomic E-state index is 13.4. The van der Waals surface area contributed by atoms with Crippen molar-refractivity contribution in [1.29, 1.82) is 0 Å². The summed E-state index contributed by atoms with van der Waals surface area (Å²) in [4.78, 5) is 24.2. The number of rotatable bonds is 4. The number of halogens is 3. The molecule has 8 nitrogen and oxygen atoms in total. The predicted molar refractivity (Wildman–Crippen MR) is 126 cm³/mol. The zero-order chi connectivity index (χ0) is 24.6. The zero-order valence-corrected chi connectivity index (χ0v) is 20.3. The van der Waals surface area contributed by atoms with E-state index < -0.39 is 12.0 Å². The normalized spacial score (nSPS) is 15.2. The lowest BCUT2D eigenvalue weighted by atomic mass is 10.1. The number of aromatic nitrogens is 4. The van der Waals surface area contributed by atoms with Gasteiger partial charge in [0.15, 0.2) is 5.82 Å². The van der Waals surface area contributed by atoms with Gasteiger partial charge in [-0.2, -0.15) is 5.10 Å². The second-order valence-corrected chi connectivity index (χ2v) is 9.69. The minimum absolute atomic E-state index is 0.0561. The largest absolute Gasteiger partial charge is 0.444 e. The number of ether oxygens (including phenoxy) is 1. The first-order valence-corrected chi connectivity index (χ1v) is 11.4. The molecule has 11 heteroatoms. The van der Waals surface area contributed by atoms with Gasteiger partial charge in [0.1, 0.15) is 11.4 Å². The minimum Gasteiger partial charge on any atom is -0.444 e. The average Bonchev–Trinajstić information content (AvgIpc) is 3.17. The van der Waals surface area contributed by atoms with E-state index in [9.17, 15) is 13.6 Å². The summed E-state index contributed by atoms with van der Waals surface area (Å²) >= 11 is 5.88. The van der Waals surface area contributed by atoms with Crippen LogP contribution in [-0.2, 0) is 4.74 Å². The molecular formula is C23H27ClF2N6O2. The number of hydrogen-bond acceptors (Lipinski definition) is 6. The van der Waals surface area contributed by atoms with Crippen LogP contribution in [0.4, 0.5) is 25.2 Å². The van der Waals surface area contributed by atoms with Crippen LogP contribution >= 0.6 is 11.6 Å². The van der Waals surface area contributed by atoms with E-state index in [2.05, 4.69) is 9.97 Å². The molecule has 3 aromatic heterocycles. The van der Waals surface area contributed by atoms with Crippen LogP contribution in [0.2, 0.25) is 5.02 Å². The summed E-state index contributed by atoms with van der Waals surface area (Å²) < 4.78 is 34.1. The number of alkyl halides is 2. The lowest BCUT2D eigenvalue weighted by Gasteiger charge is -2.33. The van der Waals surface area contributed by atoms with E-state index in [1.54, 1.807) is 29.2 Å². The molecule has 3 aromatic rings. The zero-order valence-electron chi connectivity index (χ0n) is 19.5. The van der Waals surface area contributed by atoms with Crippen molar-refractivity contribution in [3.8, 4) is 0 Å². The predicted octanol–water partition coefficient (Wildman–Crippen LogP) is 5.76. The highest BCUT2D eigenvalue weighted by Gasteiger charge is 2.29. The summed E-state index contributed by atoms with van der Waals surface area (Å²) in [5.74, 6) is 0.850. The molecule has 34 heavy (non-hydrogen) atoms. The highest BCUT2D eigenvalue weighted by Crippen LogP contribution is 2.35. The van der Waals surface area contributed by atoms with E-state index in [4.69, 9.17) is 21.4 Å². The molecule has 1 saturated heterocycles. The van der Waals surface area contributed by atoms with Crippen LogP contribution < -0.4 is 4.90 Å². The van der Waals surface area contributed by atoms with Gasteiger partial charge in [-0.25, -0.2) is 18.6 Å². The number of piperidine rings is 1. The summed E-state index contributed by atoms with van der Waals surface area (Å²) in [5, 5.41) is 5.51. The fourth-order valence-electron chi connectivity index (χ4n) is 4.02. The third-order valence-corrected chi connectivity index (χ3v) is 6.03. The number of pyridine rings is 2. The number of hydrogen-bond donors (Lipinski definition) is 0. The summed E-state index contributed by atoms with van der Waals surface area (Å²) in [6.07, 6.45) is 2.99. The number of nitrogens with zero attached hydrogens (tertiary/aromatic N) is 6. The number of carbonyl (C=O) groups excluding carboxylic acids is 1. The molecule has 1 aliphatic rings. The molecule has 0 bridgehead atoms.